The summed E-state index contributed by atoms with van der Waals surface area (Å²) < 4.78 is 1.02. The first-order chi connectivity index (χ1) is 8.15. The lowest BCUT2D eigenvalue weighted by atomic mass is 9.92. The standard InChI is InChI=1S/C13H17BrN2O/c1-9-8-10(6-7-15-9)13(17)16-12-4-2-11(14)3-5-12/h2-5,9-10,15H,6-8H2,1H3,(H,16,17). The van der Waals surface area contributed by atoms with E-state index < -0.39 is 0 Å². The van der Waals surface area contributed by atoms with E-state index in [2.05, 4.69) is 33.5 Å². The van der Waals surface area contributed by atoms with E-state index >= 15 is 0 Å². The Morgan fingerprint density at radius 2 is 2.12 bits per heavy atom. The molecular formula is C13H17BrN2O. The number of amides is 1. The molecule has 1 amide bonds. The molecule has 0 radical (unpaired) electrons. The molecule has 1 saturated heterocycles. The summed E-state index contributed by atoms with van der Waals surface area (Å²) in [4.78, 5) is 12.0. The van der Waals surface area contributed by atoms with E-state index in [1.807, 2.05) is 24.3 Å². The SMILES string of the molecule is CC1CC(C(=O)Nc2ccc(Br)cc2)CCN1. The number of anilines is 1. The van der Waals surface area contributed by atoms with Gasteiger partial charge in [0.15, 0.2) is 0 Å². The summed E-state index contributed by atoms with van der Waals surface area (Å²) >= 11 is 3.38. The fourth-order valence-corrected chi connectivity index (χ4v) is 2.41. The number of halogens is 1. The van der Waals surface area contributed by atoms with Gasteiger partial charge in [-0.3, -0.25) is 4.79 Å². The molecule has 0 bridgehead atoms. The Hall–Kier alpha value is -0.870. The molecule has 0 aromatic heterocycles. The van der Waals surface area contributed by atoms with Gasteiger partial charge < -0.3 is 10.6 Å². The highest BCUT2D eigenvalue weighted by Crippen LogP contribution is 2.19. The van der Waals surface area contributed by atoms with Crippen molar-refractivity contribution in [3.8, 4) is 0 Å². The number of carbonyl (C=O) groups excluding carboxylic acids is 1. The zero-order valence-electron chi connectivity index (χ0n) is 9.87. The quantitative estimate of drug-likeness (QED) is 0.881. The van der Waals surface area contributed by atoms with Crippen LogP contribution in [-0.2, 0) is 4.79 Å². The van der Waals surface area contributed by atoms with Gasteiger partial charge in [0.25, 0.3) is 0 Å². The minimum atomic E-state index is 0.134. The maximum atomic E-state index is 12.0. The molecule has 17 heavy (non-hydrogen) atoms. The van der Waals surface area contributed by atoms with Gasteiger partial charge in [0.2, 0.25) is 5.91 Å². The summed E-state index contributed by atoms with van der Waals surface area (Å²) in [5, 5.41) is 6.32. The van der Waals surface area contributed by atoms with Crippen molar-refractivity contribution in [2.75, 3.05) is 11.9 Å². The van der Waals surface area contributed by atoms with Crippen LogP contribution in [0, 0.1) is 5.92 Å². The molecule has 1 fully saturated rings. The zero-order valence-corrected chi connectivity index (χ0v) is 11.5. The van der Waals surface area contributed by atoms with Crippen LogP contribution >= 0.6 is 15.9 Å². The molecule has 0 saturated carbocycles. The molecule has 92 valence electrons. The van der Waals surface area contributed by atoms with Gasteiger partial charge in [-0.05, 0) is 50.6 Å². The van der Waals surface area contributed by atoms with Gasteiger partial charge in [-0.15, -0.1) is 0 Å². The Labute approximate surface area is 110 Å². The Kier molecular flexibility index (Phi) is 4.18. The van der Waals surface area contributed by atoms with E-state index in [1.54, 1.807) is 0 Å². The first-order valence-corrected chi connectivity index (χ1v) is 6.74. The number of benzene rings is 1. The molecule has 1 aromatic rings. The second kappa shape index (κ2) is 5.65. The number of rotatable bonds is 2. The number of piperidine rings is 1. The molecule has 2 atom stereocenters. The van der Waals surface area contributed by atoms with Crippen molar-refractivity contribution in [2.24, 2.45) is 5.92 Å². The lowest BCUT2D eigenvalue weighted by Crippen LogP contribution is -2.40. The smallest absolute Gasteiger partial charge is 0.227 e. The van der Waals surface area contributed by atoms with E-state index in [1.165, 1.54) is 0 Å². The minimum Gasteiger partial charge on any atom is -0.326 e. The van der Waals surface area contributed by atoms with Crippen molar-refractivity contribution in [1.82, 2.24) is 5.32 Å². The topological polar surface area (TPSA) is 41.1 Å². The van der Waals surface area contributed by atoms with Crippen LogP contribution in [0.3, 0.4) is 0 Å². The van der Waals surface area contributed by atoms with Crippen LogP contribution in [0.1, 0.15) is 19.8 Å². The molecule has 0 aliphatic carbocycles. The van der Waals surface area contributed by atoms with Crippen molar-refractivity contribution in [2.45, 2.75) is 25.8 Å². The van der Waals surface area contributed by atoms with Gasteiger partial charge in [0.1, 0.15) is 0 Å². The van der Waals surface area contributed by atoms with Gasteiger partial charge >= 0.3 is 0 Å². The average molecular weight is 297 g/mol. The van der Waals surface area contributed by atoms with E-state index in [-0.39, 0.29) is 11.8 Å². The monoisotopic (exact) mass is 296 g/mol. The van der Waals surface area contributed by atoms with E-state index in [9.17, 15) is 4.79 Å². The van der Waals surface area contributed by atoms with Crippen LogP contribution in [0.5, 0.6) is 0 Å². The molecule has 1 aromatic carbocycles. The second-order valence-corrected chi connectivity index (χ2v) is 5.49. The summed E-state index contributed by atoms with van der Waals surface area (Å²) in [5.41, 5.74) is 0.865. The van der Waals surface area contributed by atoms with Gasteiger partial charge in [0.05, 0.1) is 0 Å². The first-order valence-electron chi connectivity index (χ1n) is 5.95. The van der Waals surface area contributed by atoms with Gasteiger partial charge in [-0.2, -0.15) is 0 Å². The lowest BCUT2D eigenvalue weighted by Gasteiger charge is -2.27. The fraction of sp³-hybridized carbons (Fsp3) is 0.462. The van der Waals surface area contributed by atoms with Crippen LogP contribution in [0.15, 0.2) is 28.7 Å². The van der Waals surface area contributed by atoms with E-state index in [0.717, 1.165) is 29.5 Å². The molecule has 3 nitrogen and oxygen atoms in total. The van der Waals surface area contributed by atoms with Crippen molar-refractivity contribution in [3.05, 3.63) is 28.7 Å². The largest absolute Gasteiger partial charge is 0.326 e. The molecule has 2 unspecified atom stereocenters. The number of nitrogens with one attached hydrogen (secondary N) is 2. The van der Waals surface area contributed by atoms with Gasteiger partial charge in [-0.25, -0.2) is 0 Å². The molecule has 2 rings (SSSR count). The number of hydrogen-bond donors (Lipinski definition) is 2. The summed E-state index contributed by atoms with van der Waals surface area (Å²) in [5.74, 6) is 0.274. The van der Waals surface area contributed by atoms with Crippen molar-refractivity contribution < 1.29 is 4.79 Å². The van der Waals surface area contributed by atoms with Crippen molar-refractivity contribution >= 4 is 27.5 Å². The third kappa shape index (κ3) is 3.54. The van der Waals surface area contributed by atoms with E-state index in [0.29, 0.717) is 6.04 Å². The van der Waals surface area contributed by atoms with Crippen LogP contribution in [0.4, 0.5) is 5.69 Å². The Morgan fingerprint density at radius 1 is 1.41 bits per heavy atom. The number of hydrogen-bond acceptors (Lipinski definition) is 2. The number of carbonyl (C=O) groups is 1. The Morgan fingerprint density at radius 3 is 2.76 bits per heavy atom. The van der Waals surface area contributed by atoms with Crippen molar-refractivity contribution in [3.63, 3.8) is 0 Å². The summed E-state index contributed by atoms with van der Waals surface area (Å²) in [6, 6.07) is 8.12. The molecular weight excluding hydrogens is 280 g/mol. The molecule has 0 spiro atoms. The van der Waals surface area contributed by atoms with E-state index in [4.69, 9.17) is 0 Å². The van der Waals surface area contributed by atoms with Crippen LogP contribution in [0.2, 0.25) is 0 Å². The summed E-state index contributed by atoms with van der Waals surface area (Å²) in [6.07, 6.45) is 1.84. The highest BCUT2D eigenvalue weighted by molar-refractivity contribution is 9.10. The third-order valence-electron chi connectivity index (χ3n) is 3.11. The fourth-order valence-electron chi connectivity index (χ4n) is 2.15. The third-order valence-corrected chi connectivity index (χ3v) is 3.63. The van der Waals surface area contributed by atoms with Gasteiger partial charge in [0, 0.05) is 22.1 Å². The Balaban J connectivity index is 1.94. The predicted molar refractivity (Wildman–Crippen MR) is 73.0 cm³/mol. The maximum Gasteiger partial charge on any atom is 0.227 e. The maximum absolute atomic E-state index is 12.0. The molecule has 4 heteroatoms. The summed E-state index contributed by atoms with van der Waals surface area (Å²) in [6.45, 7) is 3.05. The highest BCUT2D eigenvalue weighted by atomic mass is 79.9. The molecule has 1 aliphatic rings. The van der Waals surface area contributed by atoms with Crippen molar-refractivity contribution in [1.29, 1.82) is 0 Å². The average Bonchev–Trinajstić information content (AvgIpc) is 2.32. The first kappa shape index (κ1) is 12.6. The second-order valence-electron chi connectivity index (χ2n) is 4.57. The van der Waals surface area contributed by atoms with Gasteiger partial charge in [-0.1, -0.05) is 15.9 Å². The molecule has 1 heterocycles. The normalized spacial score (nSPS) is 24.4. The summed E-state index contributed by atoms with van der Waals surface area (Å²) in [7, 11) is 0. The minimum absolute atomic E-state index is 0.134. The predicted octanol–water partition coefficient (Wildman–Crippen LogP) is 2.78. The zero-order chi connectivity index (χ0) is 12.3. The highest BCUT2D eigenvalue weighted by Gasteiger charge is 2.24. The molecule has 1 aliphatic heterocycles. The van der Waals surface area contributed by atoms with Crippen LogP contribution in [-0.4, -0.2) is 18.5 Å². The van der Waals surface area contributed by atoms with Crippen LogP contribution in [0.25, 0.3) is 0 Å². The van der Waals surface area contributed by atoms with Crippen LogP contribution < -0.4 is 10.6 Å². The Bertz CT molecular complexity index is 391. The lowest BCUT2D eigenvalue weighted by molar-refractivity contribution is -0.120. The molecule has 2 N–H and O–H groups in total.